The van der Waals surface area contributed by atoms with E-state index in [4.69, 9.17) is 0 Å². The Bertz CT molecular complexity index is 675. The van der Waals surface area contributed by atoms with Crippen LogP contribution in [0.5, 0.6) is 0 Å². The Labute approximate surface area is 122 Å². The Hall–Kier alpha value is -2.06. The third-order valence-corrected chi connectivity index (χ3v) is 4.20. The summed E-state index contributed by atoms with van der Waals surface area (Å²) >= 11 is 3.19. The number of thiazole rings is 1. The van der Waals surface area contributed by atoms with Crippen LogP contribution >= 0.6 is 22.7 Å². The largest absolute Gasteiger partial charge is 0.348 e. The number of carbonyl (C=O) groups is 1. The van der Waals surface area contributed by atoms with Crippen LogP contribution in [0.2, 0.25) is 0 Å². The van der Waals surface area contributed by atoms with Gasteiger partial charge in [0.05, 0.1) is 18.7 Å². The minimum Gasteiger partial charge on any atom is -0.348 e. The highest BCUT2D eigenvalue weighted by Gasteiger charge is 2.09. The summed E-state index contributed by atoms with van der Waals surface area (Å²) in [6.45, 7) is 0.348. The number of carbonyl (C=O) groups excluding carboxylic acids is 1. The zero-order valence-electron chi connectivity index (χ0n) is 10.4. The zero-order chi connectivity index (χ0) is 13.8. The van der Waals surface area contributed by atoms with Gasteiger partial charge in [-0.3, -0.25) is 9.89 Å². The van der Waals surface area contributed by atoms with Gasteiger partial charge in [-0.15, -0.1) is 11.3 Å². The first-order valence-electron chi connectivity index (χ1n) is 5.89. The molecule has 0 radical (unpaired) electrons. The number of rotatable bonds is 5. The molecule has 3 heterocycles. The molecule has 0 aromatic carbocycles. The molecule has 1 amide bonds. The minimum absolute atomic E-state index is 0.0800. The van der Waals surface area contributed by atoms with E-state index >= 15 is 0 Å². The van der Waals surface area contributed by atoms with Gasteiger partial charge >= 0.3 is 0 Å². The molecule has 3 rings (SSSR count). The van der Waals surface area contributed by atoms with Crippen LogP contribution in [-0.2, 0) is 17.8 Å². The van der Waals surface area contributed by atoms with E-state index in [0.717, 1.165) is 16.3 Å². The Balaban J connectivity index is 1.56. The minimum atomic E-state index is -0.0800. The SMILES string of the molecule is O=C(Cc1csc(-c2ccsc2)n1)NCc1ncn[nH]1. The maximum atomic E-state index is 11.8. The normalized spacial score (nSPS) is 10.6. The summed E-state index contributed by atoms with van der Waals surface area (Å²) in [4.78, 5) is 20.2. The van der Waals surface area contributed by atoms with E-state index in [1.54, 1.807) is 22.7 Å². The maximum Gasteiger partial charge on any atom is 0.226 e. The topological polar surface area (TPSA) is 83.6 Å². The molecule has 0 bridgehead atoms. The summed E-state index contributed by atoms with van der Waals surface area (Å²) in [6.07, 6.45) is 1.68. The van der Waals surface area contributed by atoms with Crippen molar-refractivity contribution in [2.24, 2.45) is 0 Å². The van der Waals surface area contributed by atoms with E-state index in [0.29, 0.717) is 12.4 Å². The highest BCUT2D eigenvalue weighted by atomic mass is 32.1. The fourth-order valence-corrected chi connectivity index (χ4v) is 3.16. The summed E-state index contributed by atoms with van der Waals surface area (Å²) in [5.74, 6) is 0.555. The van der Waals surface area contributed by atoms with Crippen molar-refractivity contribution in [2.45, 2.75) is 13.0 Å². The number of amides is 1. The van der Waals surface area contributed by atoms with Crippen LogP contribution in [0.4, 0.5) is 0 Å². The van der Waals surface area contributed by atoms with Gasteiger partial charge < -0.3 is 5.32 Å². The van der Waals surface area contributed by atoms with Crippen LogP contribution in [0, 0.1) is 0 Å². The Kier molecular flexibility index (Phi) is 3.84. The van der Waals surface area contributed by atoms with Crippen molar-refractivity contribution in [3.05, 3.63) is 40.1 Å². The molecule has 0 aliphatic carbocycles. The predicted octanol–water partition coefficient (Wildman–Crippen LogP) is 1.85. The summed E-state index contributed by atoms with van der Waals surface area (Å²) in [7, 11) is 0. The van der Waals surface area contributed by atoms with Gasteiger partial charge in [-0.25, -0.2) is 9.97 Å². The predicted molar refractivity (Wildman–Crippen MR) is 77.4 cm³/mol. The zero-order valence-corrected chi connectivity index (χ0v) is 12.0. The molecule has 102 valence electrons. The molecule has 3 aromatic rings. The van der Waals surface area contributed by atoms with Crippen LogP contribution in [-0.4, -0.2) is 26.1 Å². The van der Waals surface area contributed by atoms with Crippen molar-refractivity contribution in [1.29, 1.82) is 0 Å². The van der Waals surface area contributed by atoms with Crippen LogP contribution in [0.3, 0.4) is 0 Å². The van der Waals surface area contributed by atoms with Gasteiger partial charge in [0.15, 0.2) is 0 Å². The third kappa shape index (κ3) is 3.09. The lowest BCUT2D eigenvalue weighted by Gasteiger charge is -2.00. The van der Waals surface area contributed by atoms with E-state index in [9.17, 15) is 4.79 Å². The number of aromatic nitrogens is 4. The Morgan fingerprint density at radius 3 is 3.10 bits per heavy atom. The fraction of sp³-hybridized carbons (Fsp3) is 0.167. The summed E-state index contributed by atoms with van der Waals surface area (Å²) < 4.78 is 0. The van der Waals surface area contributed by atoms with E-state index in [1.165, 1.54) is 6.33 Å². The van der Waals surface area contributed by atoms with E-state index in [2.05, 4.69) is 25.5 Å². The number of hydrogen-bond acceptors (Lipinski definition) is 6. The molecule has 3 aromatic heterocycles. The fourth-order valence-electron chi connectivity index (χ4n) is 1.63. The lowest BCUT2D eigenvalue weighted by atomic mass is 10.3. The van der Waals surface area contributed by atoms with Gasteiger partial charge in [0.1, 0.15) is 17.2 Å². The van der Waals surface area contributed by atoms with E-state index in [1.807, 2.05) is 22.2 Å². The average molecular weight is 305 g/mol. The monoisotopic (exact) mass is 305 g/mol. The molecular weight excluding hydrogens is 294 g/mol. The molecule has 0 aliphatic rings. The van der Waals surface area contributed by atoms with Crippen molar-refractivity contribution in [1.82, 2.24) is 25.5 Å². The lowest BCUT2D eigenvalue weighted by molar-refractivity contribution is -0.120. The molecule has 0 saturated heterocycles. The second-order valence-corrected chi connectivity index (χ2v) is 5.68. The molecule has 0 atom stereocenters. The van der Waals surface area contributed by atoms with Crippen molar-refractivity contribution in [3.63, 3.8) is 0 Å². The van der Waals surface area contributed by atoms with Crippen LogP contribution < -0.4 is 5.32 Å². The summed E-state index contributed by atoms with van der Waals surface area (Å²) in [5, 5.41) is 16.1. The second kappa shape index (κ2) is 5.93. The molecule has 2 N–H and O–H groups in total. The highest BCUT2D eigenvalue weighted by Crippen LogP contribution is 2.25. The lowest BCUT2D eigenvalue weighted by Crippen LogP contribution is -2.25. The average Bonchev–Trinajstić information content (AvgIpc) is 3.18. The van der Waals surface area contributed by atoms with Gasteiger partial charge in [0.2, 0.25) is 5.91 Å². The number of hydrogen-bond donors (Lipinski definition) is 2. The quantitative estimate of drug-likeness (QED) is 0.753. The summed E-state index contributed by atoms with van der Waals surface area (Å²) in [5.41, 5.74) is 1.89. The summed E-state index contributed by atoms with van der Waals surface area (Å²) in [6, 6.07) is 2.03. The van der Waals surface area contributed by atoms with E-state index in [-0.39, 0.29) is 12.3 Å². The van der Waals surface area contributed by atoms with Gasteiger partial charge in [-0.05, 0) is 11.4 Å². The van der Waals surface area contributed by atoms with Crippen molar-refractivity contribution >= 4 is 28.6 Å². The molecule has 8 heteroatoms. The van der Waals surface area contributed by atoms with Crippen LogP contribution in [0.1, 0.15) is 11.5 Å². The van der Waals surface area contributed by atoms with Crippen LogP contribution in [0.25, 0.3) is 10.6 Å². The molecule has 0 saturated carbocycles. The number of H-pyrrole nitrogens is 1. The number of nitrogens with zero attached hydrogens (tertiary/aromatic N) is 3. The molecule has 0 spiro atoms. The molecule has 20 heavy (non-hydrogen) atoms. The first-order valence-corrected chi connectivity index (χ1v) is 7.71. The number of thiophene rings is 1. The Morgan fingerprint density at radius 1 is 1.40 bits per heavy atom. The highest BCUT2D eigenvalue weighted by molar-refractivity contribution is 7.14. The van der Waals surface area contributed by atoms with Crippen LogP contribution in [0.15, 0.2) is 28.5 Å². The molecule has 0 fully saturated rings. The van der Waals surface area contributed by atoms with Gasteiger partial charge in [-0.1, -0.05) is 0 Å². The first-order chi connectivity index (χ1) is 9.81. The smallest absolute Gasteiger partial charge is 0.226 e. The van der Waals surface area contributed by atoms with Gasteiger partial charge in [-0.2, -0.15) is 16.4 Å². The van der Waals surface area contributed by atoms with Crippen molar-refractivity contribution in [3.8, 4) is 10.6 Å². The maximum absolute atomic E-state index is 11.8. The number of nitrogens with one attached hydrogen (secondary N) is 2. The van der Waals surface area contributed by atoms with Crippen molar-refractivity contribution < 1.29 is 4.79 Å². The molecule has 6 nitrogen and oxygen atoms in total. The van der Waals surface area contributed by atoms with Crippen molar-refractivity contribution in [2.75, 3.05) is 0 Å². The van der Waals surface area contributed by atoms with Gasteiger partial charge in [0.25, 0.3) is 0 Å². The second-order valence-electron chi connectivity index (χ2n) is 4.04. The molecular formula is C12H11N5OS2. The van der Waals surface area contributed by atoms with Gasteiger partial charge in [0, 0.05) is 16.3 Å². The standard InChI is InChI=1S/C12H11N5OS2/c18-11(13-4-10-14-7-15-17-10)3-9-6-20-12(16-9)8-1-2-19-5-8/h1-2,5-7H,3-4H2,(H,13,18)(H,14,15,17). The Morgan fingerprint density at radius 2 is 2.35 bits per heavy atom. The third-order valence-electron chi connectivity index (χ3n) is 2.58. The first kappa shape index (κ1) is 12.9. The van der Waals surface area contributed by atoms with E-state index < -0.39 is 0 Å². The molecule has 0 unspecified atom stereocenters. The molecule has 0 aliphatic heterocycles. The number of aromatic amines is 1.